The van der Waals surface area contributed by atoms with Crippen LogP contribution in [0.2, 0.25) is 0 Å². The zero-order valence-electron chi connectivity index (χ0n) is 11.5. The number of amides is 2. The van der Waals surface area contributed by atoms with Crippen molar-refractivity contribution in [3.05, 3.63) is 0 Å². The first-order chi connectivity index (χ1) is 9.06. The maximum atomic E-state index is 12.3. The molecule has 0 radical (unpaired) electrons. The molecule has 1 saturated heterocycles. The van der Waals surface area contributed by atoms with E-state index in [1.54, 1.807) is 16.8 Å². The fraction of sp³-hybridized carbons (Fsp3) is 0.846. The van der Waals surface area contributed by atoms with Crippen LogP contribution in [0.25, 0.3) is 0 Å². The van der Waals surface area contributed by atoms with Gasteiger partial charge in [0.2, 0.25) is 0 Å². The molecule has 1 atom stereocenters. The van der Waals surface area contributed by atoms with Crippen molar-refractivity contribution < 1.29 is 19.8 Å². The summed E-state index contributed by atoms with van der Waals surface area (Å²) in [6.45, 7) is 1.10. The molecule has 0 aromatic heterocycles. The minimum atomic E-state index is -0.844. The summed E-state index contributed by atoms with van der Waals surface area (Å²) in [7, 11) is 1.68. The summed E-state index contributed by atoms with van der Waals surface area (Å²) in [6.07, 6.45) is 4.45. The Morgan fingerprint density at radius 1 is 1.32 bits per heavy atom. The number of aliphatic carboxylic acids is 1. The standard InChI is InChI=1S/C13H24N2O4/c1-14(8-5-7-12(17)18)13(19)15-9-4-2-3-6-11(15)10-16/h11,16H,2-10H2,1H3,(H,17,18). The van der Waals surface area contributed by atoms with Gasteiger partial charge in [-0.05, 0) is 19.3 Å². The van der Waals surface area contributed by atoms with Crippen molar-refractivity contribution in [3.8, 4) is 0 Å². The van der Waals surface area contributed by atoms with Crippen molar-refractivity contribution in [3.63, 3.8) is 0 Å². The largest absolute Gasteiger partial charge is 0.481 e. The van der Waals surface area contributed by atoms with Crippen LogP contribution in [0.1, 0.15) is 38.5 Å². The van der Waals surface area contributed by atoms with Crippen LogP contribution < -0.4 is 0 Å². The molecule has 1 fully saturated rings. The quantitative estimate of drug-likeness (QED) is 0.786. The van der Waals surface area contributed by atoms with E-state index in [-0.39, 0.29) is 25.1 Å². The Balaban J connectivity index is 2.50. The number of aliphatic hydroxyl groups is 1. The molecule has 1 aliphatic rings. The van der Waals surface area contributed by atoms with Crippen LogP contribution in [-0.4, -0.2) is 64.8 Å². The summed E-state index contributed by atoms with van der Waals surface area (Å²) in [6, 6.07) is -0.205. The fourth-order valence-electron chi connectivity index (χ4n) is 2.40. The molecule has 1 heterocycles. The maximum Gasteiger partial charge on any atom is 0.320 e. The lowest BCUT2D eigenvalue weighted by Crippen LogP contribution is -2.48. The Hall–Kier alpha value is -1.30. The number of likely N-dealkylation sites (tertiary alicyclic amines) is 1. The van der Waals surface area contributed by atoms with Crippen LogP contribution in [0, 0.1) is 0 Å². The molecule has 1 unspecified atom stereocenters. The van der Waals surface area contributed by atoms with Crippen molar-refractivity contribution in [1.29, 1.82) is 0 Å². The third-order valence-corrected chi connectivity index (χ3v) is 3.54. The SMILES string of the molecule is CN(CCCC(=O)O)C(=O)N1CCCCCC1CO. The van der Waals surface area contributed by atoms with Gasteiger partial charge in [0.05, 0.1) is 12.6 Å². The highest BCUT2D eigenvalue weighted by molar-refractivity contribution is 5.74. The molecular weight excluding hydrogens is 248 g/mol. The number of rotatable bonds is 5. The number of nitrogens with zero attached hydrogens (tertiary/aromatic N) is 2. The lowest BCUT2D eigenvalue weighted by atomic mass is 10.1. The van der Waals surface area contributed by atoms with Crippen molar-refractivity contribution in [2.24, 2.45) is 0 Å². The van der Waals surface area contributed by atoms with Crippen molar-refractivity contribution in [1.82, 2.24) is 9.80 Å². The van der Waals surface area contributed by atoms with Crippen LogP contribution in [0.3, 0.4) is 0 Å². The molecule has 0 aromatic rings. The van der Waals surface area contributed by atoms with E-state index < -0.39 is 5.97 Å². The average Bonchev–Trinajstić information content (AvgIpc) is 2.62. The predicted octanol–water partition coefficient (Wildman–Crippen LogP) is 1.14. The molecule has 2 amide bonds. The Morgan fingerprint density at radius 2 is 2.05 bits per heavy atom. The maximum absolute atomic E-state index is 12.3. The Labute approximate surface area is 114 Å². The Bertz CT molecular complexity index is 309. The highest BCUT2D eigenvalue weighted by atomic mass is 16.4. The highest BCUT2D eigenvalue weighted by Crippen LogP contribution is 2.18. The minimum absolute atomic E-state index is 0.00525. The summed E-state index contributed by atoms with van der Waals surface area (Å²) in [5.41, 5.74) is 0. The number of urea groups is 1. The summed E-state index contributed by atoms with van der Waals surface area (Å²) in [4.78, 5) is 26.0. The molecule has 19 heavy (non-hydrogen) atoms. The first-order valence-corrected chi connectivity index (χ1v) is 6.90. The topological polar surface area (TPSA) is 81.1 Å². The summed E-state index contributed by atoms with van der Waals surface area (Å²) < 4.78 is 0. The number of carboxylic acids is 1. The van der Waals surface area contributed by atoms with E-state index in [2.05, 4.69) is 0 Å². The number of carbonyl (C=O) groups excluding carboxylic acids is 1. The average molecular weight is 272 g/mol. The zero-order valence-corrected chi connectivity index (χ0v) is 11.5. The van der Waals surface area contributed by atoms with E-state index in [0.717, 1.165) is 25.7 Å². The molecule has 6 heteroatoms. The van der Waals surface area contributed by atoms with Crippen molar-refractivity contribution in [2.45, 2.75) is 44.6 Å². The molecule has 0 aromatic carbocycles. The lowest BCUT2D eigenvalue weighted by molar-refractivity contribution is -0.137. The number of aliphatic hydroxyl groups excluding tert-OH is 1. The van der Waals surface area contributed by atoms with Gasteiger partial charge in [-0.1, -0.05) is 12.8 Å². The van der Waals surface area contributed by atoms with Gasteiger partial charge in [-0.15, -0.1) is 0 Å². The predicted molar refractivity (Wildman–Crippen MR) is 70.9 cm³/mol. The summed E-state index contributed by atoms with van der Waals surface area (Å²) in [5.74, 6) is -0.844. The second-order valence-electron chi connectivity index (χ2n) is 5.08. The smallest absolute Gasteiger partial charge is 0.320 e. The lowest BCUT2D eigenvalue weighted by Gasteiger charge is -2.32. The van der Waals surface area contributed by atoms with Gasteiger partial charge in [0.1, 0.15) is 0 Å². The third-order valence-electron chi connectivity index (χ3n) is 3.54. The molecule has 0 aliphatic carbocycles. The number of carboxylic acid groups (broad SMARTS) is 1. The van der Waals surface area contributed by atoms with E-state index in [1.165, 1.54) is 0 Å². The summed E-state index contributed by atoms with van der Waals surface area (Å²) >= 11 is 0. The molecule has 0 bridgehead atoms. The second-order valence-corrected chi connectivity index (χ2v) is 5.08. The fourth-order valence-corrected chi connectivity index (χ4v) is 2.40. The van der Waals surface area contributed by atoms with E-state index >= 15 is 0 Å². The Morgan fingerprint density at radius 3 is 2.68 bits per heavy atom. The van der Waals surface area contributed by atoms with Crippen LogP contribution in [0.5, 0.6) is 0 Å². The third kappa shape index (κ3) is 5.06. The molecule has 2 N–H and O–H groups in total. The van der Waals surface area contributed by atoms with Crippen LogP contribution in [0.4, 0.5) is 4.79 Å². The van der Waals surface area contributed by atoms with Gasteiger partial charge >= 0.3 is 12.0 Å². The monoisotopic (exact) mass is 272 g/mol. The van der Waals surface area contributed by atoms with Crippen LogP contribution in [-0.2, 0) is 4.79 Å². The van der Waals surface area contributed by atoms with Gasteiger partial charge in [0.25, 0.3) is 0 Å². The first-order valence-electron chi connectivity index (χ1n) is 6.90. The van der Waals surface area contributed by atoms with Gasteiger partial charge in [-0.2, -0.15) is 0 Å². The molecule has 1 rings (SSSR count). The molecule has 1 aliphatic heterocycles. The van der Waals surface area contributed by atoms with Crippen molar-refractivity contribution >= 4 is 12.0 Å². The van der Waals surface area contributed by atoms with Crippen molar-refractivity contribution in [2.75, 3.05) is 26.7 Å². The van der Waals surface area contributed by atoms with Gasteiger partial charge in [-0.3, -0.25) is 4.79 Å². The molecular formula is C13H24N2O4. The summed E-state index contributed by atoms with van der Waals surface area (Å²) in [5, 5.41) is 18.0. The van der Waals surface area contributed by atoms with Crippen LogP contribution in [0.15, 0.2) is 0 Å². The number of hydrogen-bond donors (Lipinski definition) is 2. The number of hydrogen-bond acceptors (Lipinski definition) is 3. The van der Waals surface area contributed by atoms with E-state index in [4.69, 9.17) is 5.11 Å². The molecule has 110 valence electrons. The van der Waals surface area contributed by atoms with Gasteiger partial charge in [0.15, 0.2) is 0 Å². The van der Waals surface area contributed by atoms with E-state index in [1.807, 2.05) is 0 Å². The second kappa shape index (κ2) is 7.99. The Kier molecular flexibility index (Phi) is 6.62. The number of carbonyl (C=O) groups is 2. The van der Waals surface area contributed by atoms with Crippen LogP contribution >= 0.6 is 0 Å². The van der Waals surface area contributed by atoms with E-state index in [0.29, 0.717) is 19.5 Å². The molecule has 6 nitrogen and oxygen atoms in total. The minimum Gasteiger partial charge on any atom is -0.481 e. The van der Waals surface area contributed by atoms with Gasteiger partial charge in [-0.25, -0.2) is 4.79 Å². The first kappa shape index (κ1) is 15.8. The normalized spacial score (nSPS) is 19.9. The molecule has 0 saturated carbocycles. The van der Waals surface area contributed by atoms with Gasteiger partial charge in [0, 0.05) is 26.6 Å². The van der Waals surface area contributed by atoms with E-state index in [9.17, 15) is 14.7 Å². The highest BCUT2D eigenvalue weighted by Gasteiger charge is 2.26. The van der Waals surface area contributed by atoms with Gasteiger partial charge < -0.3 is 20.0 Å². The zero-order chi connectivity index (χ0) is 14.3. The molecule has 0 spiro atoms.